The number of hydrogen-bond donors (Lipinski definition) is 0. The summed E-state index contributed by atoms with van der Waals surface area (Å²) in [5.74, 6) is -0.208. The maximum absolute atomic E-state index is 14.0. The van der Waals surface area contributed by atoms with Crippen LogP contribution in [0.1, 0.15) is 11.3 Å². The second-order valence-electron chi connectivity index (χ2n) is 5.95. The van der Waals surface area contributed by atoms with E-state index in [0.717, 1.165) is 37.6 Å². The van der Waals surface area contributed by atoms with E-state index in [1.54, 1.807) is 19.4 Å². The molecule has 2 heterocycles. The zero-order valence-corrected chi connectivity index (χ0v) is 15.4. The third kappa shape index (κ3) is 2.89. The third-order valence-electron chi connectivity index (χ3n) is 4.03. The molecule has 0 spiro atoms. The fraction of sp³-hybridized carbons (Fsp3) is 0.211. The lowest BCUT2D eigenvalue weighted by atomic mass is 10.1. The summed E-state index contributed by atoms with van der Waals surface area (Å²) in [5, 5.41) is 0.773. The molecular weight excluding hydrogens is 353 g/mol. The minimum Gasteiger partial charge on any atom is -0.494 e. The Labute approximate surface area is 153 Å². The molecule has 0 amide bonds. The van der Waals surface area contributed by atoms with Crippen molar-refractivity contribution in [3.63, 3.8) is 0 Å². The normalized spacial score (nSPS) is 11.4. The molecule has 0 N–H and O–H groups in total. The van der Waals surface area contributed by atoms with Gasteiger partial charge in [0.15, 0.2) is 11.6 Å². The van der Waals surface area contributed by atoms with Crippen molar-refractivity contribution in [2.75, 3.05) is 14.2 Å². The molecular formula is C19H16FN3O2S. The van der Waals surface area contributed by atoms with Crippen LogP contribution in [-0.2, 0) is 11.3 Å². The van der Waals surface area contributed by atoms with Crippen molar-refractivity contribution in [2.45, 2.75) is 13.5 Å². The van der Waals surface area contributed by atoms with Gasteiger partial charge in [-0.05, 0) is 24.6 Å². The lowest BCUT2D eigenvalue weighted by molar-refractivity contribution is 0.181. The van der Waals surface area contributed by atoms with Crippen LogP contribution in [0.3, 0.4) is 0 Å². The van der Waals surface area contributed by atoms with E-state index < -0.39 is 5.82 Å². The van der Waals surface area contributed by atoms with E-state index in [9.17, 15) is 4.39 Å². The van der Waals surface area contributed by atoms with Gasteiger partial charge >= 0.3 is 0 Å². The number of benzene rings is 2. The highest BCUT2D eigenvalue weighted by molar-refractivity contribution is 7.21. The number of methoxy groups -OCH3 is 2. The lowest BCUT2D eigenvalue weighted by Gasteiger charge is -2.06. The second kappa shape index (κ2) is 6.59. The molecule has 0 atom stereocenters. The Hall–Kier alpha value is -2.64. The van der Waals surface area contributed by atoms with Gasteiger partial charge in [0.1, 0.15) is 5.01 Å². The van der Waals surface area contributed by atoms with E-state index in [1.165, 1.54) is 24.5 Å². The van der Waals surface area contributed by atoms with Gasteiger partial charge in [-0.3, -0.25) is 4.98 Å². The molecule has 2 aromatic heterocycles. The van der Waals surface area contributed by atoms with Gasteiger partial charge in [-0.1, -0.05) is 0 Å². The first-order valence-electron chi connectivity index (χ1n) is 7.98. The average Bonchev–Trinajstić information content (AvgIpc) is 3.02. The molecule has 4 aromatic rings. The Balaban J connectivity index is 1.91. The van der Waals surface area contributed by atoms with Crippen molar-refractivity contribution in [2.24, 2.45) is 0 Å². The molecule has 5 nitrogen and oxygen atoms in total. The first-order valence-corrected chi connectivity index (χ1v) is 8.80. The topological polar surface area (TPSA) is 57.1 Å². The first kappa shape index (κ1) is 16.8. The Morgan fingerprint density at radius 2 is 1.92 bits per heavy atom. The molecule has 0 aliphatic carbocycles. The van der Waals surface area contributed by atoms with Crippen LogP contribution in [0.5, 0.6) is 5.75 Å². The Kier molecular flexibility index (Phi) is 4.26. The first-order chi connectivity index (χ1) is 12.6. The van der Waals surface area contributed by atoms with Gasteiger partial charge in [-0.15, -0.1) is 11.3 Å². The summed E-state index contributed by atoms with van der Waals surface area (Å²) in [5.41, 5.74) is 4.87. The van der Waals surface area contributed by atoms with Crippen LogP contribution in [0, 0.1) is 12.7 Å². The molecule has 132 valence electrons. The predicted octanol–water partition coefficient (Wildman–Crippen LogP) is 4.51. The zero-order chi connectivity index (χ0) is 18.3. The summed E-state index contributed by atoms with van der Waals surface area (Å²) >= 11 is 1.48. The van der Waals surface area contributed by atoms with Crippen LogP contribution < -0.4 is 4.74 Å². The third-order valence-corrected chi connectivity index (χ3v) is 5.08. The van der Waals surface area contributed by atoms with E-state index in [0.29, 0.717) is 12.1 Å². The summed E-state index contributed by atoms with van der Waals surface area (Å²) in [6.45, 7) is 2.41. The number of halogens is 1. The summed E-state index contributed by atoms with van der Waals surface area (Å²) in [6, 6.07) is 7.08. The largest absolute Gasteiger partial charge is 0.494 e. The molecule has 0 radical (unpaired) electrons. The van der Waals surface area contributed by atoms with E-state index >= 15 is 0 Å². The summed E-state index contributed by atoms with van der Waals surface area (Å²) in [6.07, 6.45) is 1.71. The monoisotopic (exact) mass is 369 g/mol. The van der Waals surface area contributed by atoms with Crippen molar-refractivity contribution in [3.8, 4) is 16.3 Å². The van der Waals surface area contributed by atoms with Gasteiger partial charge in [0.05, 0.1) is 46.9 Å². The molecule has 0 bridgehead atoms. The summed E-state index contributed by atoms with van der Waals surface area (Å²) < 4.78 is 25.0. The van der Waals surface area contributed by atoms with E-state index in [4.69, 9.17) is 9.47 Å². The zero-order valence-electron chi connectivity index (χ0n) is 14.5. The highest BCUT2D eigenvalue weighted by Gasteiger charge is 2.15. The molecule has 7 heteroatoms. The van der Waals surface area contributed by atoms with Crippen molar-refractivity contribution in [1.29, 1.82) is 0 Å². The van der Waals surface area contributed by atoms with E-state index in [-0.39, 0.29) is 5.75 Å². The Bertz CT molecular complexity index is 1130. The van der Waals surface area contributed by atoms with Crippen molar-refractivity contribution >= 4 is 32.6 Å². The van der Waals surface area contributed by atoms with Gasteiger partial charge in [0.25, 0.3) is 0 Å². The second-order valence-corrected chi connectivity index (χ2v) is 6.98. The number of nitrogens with zero attached hydrogens (tertiary/aromatic N) is 3. The molecule has 0 aliphatic heterocycles. The van der Waals surface area contributed by atoms with Crippen LogP contribution in [0.2, 0.25) is 0 Å². The van der Waals surface area contributed by atoms with Crippen molar-refractivity contribution in [3.05, 3.63) is 47.5 Å². The van der Waals surface area contributed by atoms with Gasteiger partial charge in [-0.2, -0.15) is 0 Å². The average molecular weight is 369 g/mol. The van der Waals surface area contributed by atoms with Crippen molar-refractivity contribution in [1.82, 2.24) is 15.0 Å². The fourth-order valence-corrected chi connectivity index (χ4v) is 3.88. The quantitative estimate of drug-likeness (QED) is 0.530. The van der Waals surface area contributed by atoms with Crippen molar-refractivity contribution < 1.29 is 13.9 Å². The number of thiazole rings is 1. The van der Waals surface area contributed by atoms with Gasteiger partial charge < -0.3 is 9.47 Å². The predicted molar refractivity (Wildman–Crippen MR) is 100 cm³/mol. The van der Waals surface area contributed by atoms with Crippen LogP contribution in [0.4, 0.5) is 4.39 Å². The molecule has 0 aliphatic rings. The van der Waals surface area contributed by atoms with Gasteiger partial charge in [0.2, 0.25) is 0 Å². The minimum atomic E-state index is -0.421. The number of fused-ring (bicyclic) bond motifs is 2. The Morgan fingerprint density at radius 3 is 2.69 bits per heavy atom. The number of aromatic nitrogens is 3. The molecule has 0 unspecified atom stereocenters. The SMILES string of the molecule is COCc1cnc2c(-c3nc4cc(F)c(OC)cc4s3)cc(C)cc2n1. The number of rotatable bonds is 4. The summed E-state index contributed by atoms with van der Waals surface area (Å²) in [4.78, 5) is 13.8. The molecule has 4 rings (SSSR count). The number of aryl methyl sites for hydroxylation is 1. The molecule has 0 fully saturated rings. The molecule has 0 saturated carbocycles. The van der Waals surface area contributed by atoms with Crippen LogP contribution >= 0.6 is 11.3 Å². The number of ether oxygens (including phenoxy) is 2. The lowest BCUT2D eigenvalue weighted by Crippen LogP contribution is -1.96. The van der Waals surface area contributed by atoms with Crippen LogP contribution in [0.25, 0.3) is 31.8 Å². The maximum atomic E-state index is 14.0. The van der Waals surface area contributed by atoms with Gasteiger partial charge in [0, 0.05) is 24.8 Å². The van der Waals surface area contributed by atoms with E-state index in [1.807, 2.05) is 19.1 Å². The standard InChI is InChI=1S/C19H16FN3O2S/c1-10-4-12(18-15(5-10)22-11(8-21-18)9-24-2)19-23-14-6-13(20)16(25-3)7-17(14)26-19/h4-8H,9H2,1-3H3. The van der Waals surface area contributed by atoms with Crippen LogP contribution in [-0.4, -0.2) is 29.2 Å². The van der Waals surface area contributed by atoms with E-state index in [2.05, 4.69) is 15.0 Å². The molecule has 2 aromatic carbocycles. The minimum absolute atomic E-state index is 0.214. The van der Waals surface area contributed by atoms with Gasteiger partial charge in [-0.25, -0.2) is 14.4 Å². The Morgan fingerprint density at radius 1 is 1.08 bits per heavy atom. The smallest absolute Gasteiger partial charge is 0.167 e. The fourth-order valence-electron chi connectivity index (χ4n) is 2.89. The highest BCUT2D eigenvalue weighted by Crippen LogP contribution is 2.36. The summed E-state index contributed by atoms with van der Waals surface area (Å²) in [7, 11) is 3.08. The molecule has 26 heavy (non-hydrogen) atoms. The molecule has 0 saturated heterocycles. The maximum Gasteiger partial charge on any atom is 0.167 e. The number of hydrogen-bond acceptors (Lipinski definition) is 6. The highest BCUT2D eigenvalue weighted by atomic mass is 32.1. The van der Waals surface area contributed by atoms with Crippen LogP contribution in [0.15, 0.2) is 30.5 Å².